The van der Waals surface area contributed by atoms with Crippen LogP contribution in [0.4, 0.5) is 0 Å². The van der Waals surface area contributed by atoms with Crippen LogP contribution in [0.25, 0.3) is 10.4 Å². The zero-order valence-corrected chi connectivity index (χ0v) is 19.7. The molecule has 0 unspecified atom stereocenters. The van der Waals surface area contributed by atoms with E-state index < -0.39 is 5.97 Å². The van der Waals surface area contributed by atoms with E-state index in [0.717, 1.165) is 41.2 Å². The Kier molecular flexibility index (Phi) is 6.85. The molecule has 4 nitrogen and oxygen atoms in total. The van der Waals surface area contributed by atoms with Gasteiger partial charge in [-0.3, -0.25) is 9.59 Å². The van der Waals surface area contributed by atoms with E-state index >= 15 is 0 Å². The molecule has 4 atom stereocenters. The summed E-state index contributed by atoms with van der Waals surface area (Å²) < 4.78 is 0. The molecule has 2 bridgehead atoms. The summed E-state index contributed by atoms with van der Waals surface area (Å²) in [4.78, 5) is 25.0. The number of carbonyl (C=O) groups is 2. The van der Waals surface area contributed by atoms with E-state index in [4.69, 9.17) is 5.11 Å². The Balaban J connectivity index is 1.41. The lowest BCUT2D eigenvalue weighted by molar-refractivity contribution is -0.137. The lowest BCUT2D eigenvalue weighted by Gasteiger charge is -2.62. The van der Waals surface area contributed by atoms with Crippen molar-refractivity contribution in [2.75, 3.05) is 0 Å². The second-order valence-corrected chi connectivity index (χ2v) is 10.8. The van der Waals surface area contributed by atoms with E-state index in [1.165, 1.54) is 6.42 Å². The molecule has 0 radical (unpaired) electrons. The molecular weight excluding hydrogens is 418 g/mol. The summed E-state index contributed by atoms with van der Waals surface area (Å²) in [6.07, 6.45) is 9.29. The number of amides is 1. The first-order valence-corrected chi connectivity index (χ1v) is 12.6. The molecule has 3 fully saturated rings. The highest BCUT2D eigenvalue weighted by Gasteiger charge is 2.57. The van der Waals surface area contributed by atoms with Gasteiger partial charge in [0.15, 0.2) is 0 Å². The highest BCUT2D eigenvalue weighted by molar-refractivity contribution is 7.13. The van der Waals surface area contributed by atoms with Crippen molar-refractivity contribution in [3.05, 3.63) is 59.5 Å². The van der Waals surface area contributed by atoms with Crippen LogP contribution < -0.4 is 5.32 Å². The number of hydrogen-bond acceptors (Lipinski definition) is 3. The van der Waals surface area contributed by atoms with E-state index in [0.29, 0.717) is 18.3 Å². The number of aliphatic carboxylic acids is 1. The molecular formula is C27H33NO3S. The molecule has 1 amide bonds. The first-order chi connectivity index (χ1) is 15.4. The van der Waals surface area contributed by atoms with Crippen LogP contribution in [0.1, 0.15) is 62.7 Å². The minimum Gasteiger partial charge on any atom is -0.481 e. The van der Waals surface area contributed by atoms with Crippen molar-refractivity contribution in [2.45, 2.75) is 58.4 Å². The number of allylic oxidation sites excluding steroid dienone is 2. The molecule has 0 spiro atoms. The van der Waals surface area contributed by atoms with Crippen molar-refractivity contribution in [3.8, 4) is 10.4 Å². The van der Waals surface area contributed by atoms with Gasteiger partial charge in [0.25, 0.3) is 5.91 Å². The summed E-state index contributed by atoms with van der Waals surface area (Å²) >= 11 is 1.61. The SMILES string of the molecule is CC1(C)[C@H]2C[C@H](C/C=C/CCCC(=O)O)[C@@H](NC(=O)c3csc(-c4ccccc4)c3)[C@@H]1C2. The maximum absolute atomic E-state index is 13.2. The standard InChI is InChI=1S/C27H33NO3S/c1-27(2)21-14-19(12-6-3-4-9-13-24(29)30)25(22(27)16-21)28-26(31)20-15-23(32-17-20)18-10-7-5-8-11-18/h3,5-8,10-11,15,17,19,21-22,25H,4,9,12-14,16H2,1-2H3,(H,28,31)(H,29,30)/b6-3+/t19-,21-,22-,25+/m0/s1. The smallest absolute Gasteiger partial charge is 0.303 e. The number of carboxylic acid groups (broad SMARTS) is 1. The van der Waals surface area contributed by atoms with Gasteiger partial charge in [-0.2, -0.15) is 0 Å². The molecule has 3 aliphatic carbocycles. The molecule has 3 aliphatic rings. The Labute approximate surface area is 194 Å². The Morgan fingerprint density at radius 3 is 2.69 bits per heavy atom. The van der Waals surface area contributed by atoms with Crippen molar-refractivity contribution >= 4 is 23.2 Å². The number of unbranched alkanes of at least 4 members (excludes halogenated alkanes) is 1. The summed E-state index contributed by atoms with van der Waals surface area (Å²) in [5.74, 6) is 0.989. The van der Waals surface area contributed by atoms with Crippen LogP contribution in [-0.2, 0) is 4.79 Å². The molecule has 5 rings (SSSR count). The summed E-state index contributed by atoms with van der Waals surface area (Å²) in [5.41, 5.74) is 2.17. The normalized spacial score (nSPS) is 25.9. The van der Waals surface area contributed by atoms with Crippen LogP contribution in [0.3, 0.4) is 0 Å². The number of benzene rings is 1. The fourth-order valence-electron chi connectivity index (χ4n) is 5.57. The zero-order valence-electron chi connectivity index (χ0n) is 18.9. The second kappa shape index (κ2) is 9.62. The third-order valence-electron chi connectivity index (χ3n) is 7.66. The van der Waals surface area contributed by atoms with Gasteiger partial charge in [0.2, 0.25) is 0 Å². The largest absolute Gasteiger partial charge is 0.481 e. The molecule has 5 heteroatoms. The number of carbonyl (C=O) groups excluding carboxylic acids is 1. The van der Waals surface area contributed by atoms with Gasteiger partial charge in [-0.25, -0.2) is 0 Å². The number of nitrogens with one attached hydrogen (secondary N) is 1. The monoisotopic (exact) mass is 451 g/mol. The predicted octanol–water partition coefficient (Wildman–Crippen LogP) is 6.40. The van der Waals surface area contributed by atoms with Gasteiger partial charge >= 0.3 is 5.97 Å². The van der Waals surface area contributed by atoms with Gasteiger partial charge in [-0.1, -0.05) is 56.3 Å². The van der Waals surface area contributed by atoms with Gasteiger partial charge in [-0.05, 0) is 66.9 Å². The Morgan fingerprint density at radius 1 is 1.19 bits per heavy atom. The van der Waals surface area contributed by atoms with E-state index in [2.05, 4.69) is 43.4 Å². The minimum atomic E-state index is -0.736. The Hall–Kier alpha value is -2.40. The van der Waals surface area contributed by atoms with Crippen molar-refractivity contribution in [1.82, 2.24) is 5.32 Å². The second-order valence-electron chi connectivity index (χ2n) is 9.91. The molecule has 1 aromatic carbocycles. The van der Waals surface area contributed by atoms with Crippen LogP contribution >= 0.6 is 11.3 Å². The van der Waals surface area contributed by atoms with Crippen LogP contribution in [0, 0.1) is 23.2 Å². The summed E-state index contributed by atoms with van der Waals surface area (Å²) in [6.45, 7) is 4.70. The summed E-state index contributed by atoms with van der Waals surface area (Å²) in [5, 5.41) is 14.2. The van der Waals surface area contributed by atoms with Crippen LogP contribution in [0.5, 0.6) is 0 Å². The molecule has 2 aromatic rings. The van der Waals surface area contributed by atoms with Crippen LogP contribution in [0.2, 0.25) is 0 Å². The lowest BCUT2D eigenvalue weighted by atomic mass is 9.44. The number of thiophene rings is 1. The van der Waals surface area contributed by atoms with Gasteiger partial charge in [0.05, 0.1) is 5.56 Å². The average molecular weight is 452 g/mol. The van der Waals surface area contributed by atoms with Crippen molar-refractivity contribution < 1.29 is 14.7 Å². The van der Waals surface area contributed by atoms with Crippen LogP contribution in [-0.4, -0.2) is 23.0 Å². The quantitative estimate of drug-likeness (QED) is 0.343. The fraction of sp³-hybridized carbons (Fsp3) is 0.481. The minimum absolute atomic E-state index is 0.0324. The van der Waals surface area contributed by atoms with Crippen molar-refractivity contribution in [3.63, 3.8) is 0 Å². The zero-order chi connectivity index (χ0) is 22.7. The first kappa shape index (κ1) is 22.8. The molecule has 170 valence electrons. The summed E-state index contributed by atoms with van der Waals surface area (Å²) in [6, 6.07) is 12.4. The number of rotatable bonds is 9. The van der Waals surface area contributed by atoms with E-state index in [1.807, 2.05) is 29.6 Å². The molecule has 0 saturated heterocycles. The van der Waals surface area contributed by atoms with Crippen molar-refractivity contribution in [2.24, 2.45) is 23.2 Å². The third kappa shape index (κ3) is 4.83. The summed E-state index contributed by atoms with van der Waals surface area (Å²) in [7, 11) is 0. The predicted molar refractivity (Wildman–Crippen MR) is 130 cm³/mol. The first-order valence-electron chi connectivity index (χ1n) is 11.7. The topological polar surface area (TPSA) is 66.4 Å². The van der Waals surface area contributed by atoms with Gasteiger partial charge in [0, 0.05) is 22.7 Å². The molecule has 2 N–H and O–H groups in total. The van der Waals surface area contributed by atoms with Gasteiger partial charge in [-0.15, -0.1) is 11.3 Å². The Bertz CT molecular complexity index is 978. The van der Waals surface area contributed by atoms with Crippen molar-refractivity contribution in [1.29, 1.82) is 0 Å². The number of carboxylic acids is 1. The maximum Gasteiger partial charge on any atom is 0.303 e. The molecule has 3 saturated carbocycles. The maximum atomic E-state index is 13.2. The molecule has 1 aromatic heterocycles. The highest BCUT2D eigenvalue weighted by Crippen LogP contribution is 2.61. The Morgan fingerprint density at radius 2 is 1.97 bits per heavy atom. The van der Waals surface area contributed by atoms with Crippen LogP contribution in [0.15, 0.2) is 53.9 Å². The van der Waals surface area contributed by atoms with Gasteiger partial charge in [0.1, 0.15) is 0 Å². The number of hydrogen-bond donors (Lipinski definition) is 2. The van der Waals surface area contributed by atoms with E-state index in [-0.39, 0.29) is 23.8 Å². The van der Waals surface area contributed by atoms with E-state index in [9.17, 15) is 9.59 Å². The fourth-order valence-corrected chi connectivity index (χ4v) is 6.47. The average Bonchev–Trinajstić information content (AvgIpc) is 3.27. The third-order valence-corrected chi connectivity index (χ3v) is 8.64. The lowest BCUT2D eigenvalue weighted by Crippen LogP contribution is -2.63. The highest BCUT2D eigenvalue weighted by atomic mass is 32.1. The molecule has 1 heterocycles. The van der Waals surface area contributed by atoms with Gasteiger partial charge < -0.3 is 10.4 Å². The number of fused-ring (bicyclic) bond motifs is 2. The molecule has 32 heavy (non-hydrogen) atoms. The van der Waals surface area contributed by atoms with E-state index in [1.54, 1.807) is 11.3 Å². The molecule has 0 aliphatic heterocycles.